The van der Waals surface area contributed by atoms with Gasteiger partial charge in [0.05, 0.1) is 12.4 Å². The molecule has 1 aliphatic heterocycles. The Kier molecular flexibility index (Phi) is 4.28. The molecule has 0 fully saturated rings. The number of rotatable bonds is 4. The van der Waals surface area contributed by atoms with Gasteiger partial charge in [-0.2, -0.15) is 0 Å². The predicted octanol–water partition coefficient (Wildman–Crippen LogP) is 3.92. The number of ether oxygens (including phenoxy) is 1. The number of nitrogens with zero attached hydrogens (tertiary/aromatic N) is 2. The van der Waals surface area contributed by atoms with E-state index in [1.165, 1.54) is 36.9 Å². The molecule has 3 aromatic rings. The van der Waals surface area contributed by atoms with Gasteiger partial charge in [-0.15, -0.1) is 0 Å². The molecule has 0 aliphatic carbocycles. The fourth-order valence-electron chi connectivity index (χ4n) is 2.61. The van der Waals surface area contributed by atoms with Crippen LogP contribution in [0.2, 0.25) is 0 Å². The highest BCUT2D eigenvalue weighted by atomic mass is 19.1. The zero-order valence-electron chi connectivity index (χ0n) is 13.4. The van der Waals surface area contributed by atoms with Gasteiger partial charge >= 0.3 is 0 Å². The first-order valence-corrected chi connectivity index (χ1v) is 7.81. The van der Waals surface area contributed by atoms with Gasteiger partial charge in [-0.3, -0.25) is 4.84 Å². The number of halogens is 2. The topological polar surface area (TPSA) is 56.3 Å². The van der Waals surface area contributed by atoms with Gasteiger partial charge in [0.2, 0.25) is 5.88 Å². The number of benzene rings is 2. The van der Waals surface area contributed by atoms with E-state index in [1.54, 1.807) is 30.3 Å². The van der Waals surface area contributed by atoms with Crippen molar-refractivity contribution in [1.29, 1.82) is 0 Å². The molecule has 7 heteroatoms. The van der Waals surface area contributed by atoms with Crippen LogP contribution < -0.4 is 10.2 Å². The summed E-state index contributed by atoms with van der Waals surface area (Å²) in [4.78, 5) is 13.0. The first kappa shape index (κ1) is 16.2. The summed E-state index contributed by atoms with van der Waals surface area (Å²) in [6, 6.07) is 10.7. The normalized spacial score (nSPS) is 16.1. The summed E-state index contributed by atoms with van der Waals surface area (Å²) in [5, 5.41) is 0. The molecule has 0 saturated heterocycles. The molecule has 1 aliphatic rings. The molecule has 5 nitrogen and oxygen atoms in total. The van der Waals surface area contributed by atoms with Gasteiger partial charge in [0.15, 0.2) is 5.75 Å². The Morgan fingerprint density at radius 2 is 1.81 bits per heavy atom. The van der Waals surface area contributed by atoms with Crippen LogP contribution in [0.3, 0.4) is 0 Å². The van der Waals surface area contributed by atoms with Crippen molar-refractivity contribution in [3.63, 3.8) is 0 Å². The number of hydrogen-bond acceptors (Lipinski definition) is 5. The van der Waals surface area contributed by atoms with Crippen molar-refractivity contribution < 1.29 is 18.4 Å². The van der Waals surface area contributed by atoms with Gasteiger partial charge in [-0.1, -0.05) is 24.3 Å². The first-order valence-electron chi connectivity index (χ1n) is 7.81. The van der Waals surface area contributed by atoms with Crippen LogP contribution in [-0.4, -0.2) is 9.97 Å². The fraction of sp³-hybridized carbons (Fsp3) is 0.0526. The van der Waals surface area contributed by atoms with Crippen LogP contribution in [0.25, 0.3) is 11.1 Å². The molecule has 1 N–H and O–H groups in total. The molecule has 0 amide bonds. The molecule has 4 rings (SSSR count). The zero-order chi connectivity index (χ0) is 17.9. The number of nitrogens with one attached hydrogen (secondary N) is 1. The maximum Gasteiger partial charge on any atom is 0.216 e. The summed E-state index contributed by atoms with van der Waals surface area (Å²) in [5.41, 5.74) is 4.12. The molecule has 26 heavy (non-hydrogen) atoms. The predicted molar refractivity (Wildman–Crippen MR) is 89.5 cm³/mol. The quantitative estimate of drug-likeness (QED) is 0.770. The van der Waals surface area contributed by atoms with Gasteiger partial charge in [0.1, 0.15) is 24.1 Å². The third-order valence-electron chi connectivity index (χ3n) is 3.82. The van der Waals surface area contributed by atoms with Crippen LogP contribution >= 0.6 is 0 Å². The number of hydroxylamine groups is 1. The van der Waals surface area contributed by atoms with Crippen molar-refractivity contribution >= 4 is 0 Å². The summed E-state index contributed by atoms with van der Waals surface area (Å²) in [6.07, 6.45) is 5.33. The van der Waals surface area contributed by atoms with E-state index in [-0.39, 0.29) is 5.82 Å². The van der Waals surface area contributed by atoms with Gasteiger partial charge in [-0.25, -0.2) is 24.2 Å². The van der Waals surface area contributed by atoms with E-state index in [4.69, 9.17) is 9.57 Å². The highest BCUT2D eigenvalue weighted by molar-refractivity contribution is 5.64. The first-order chi connectivity index (χ1) is 12.7. The summed E-state index contributed by atoms with van der Waals surface area (Å²) in [6.45, 7) is 0. The third kappa shape index (κ3) is 3.38. The number of aromatic nitrogens is 2. The SMILES string of the molecule is Fc1cccc(-c2ccc([C@@H]3C=C(Oc4cncnc4)NO3)c(F)c2)c1. The highest BCUT2D eigenvalue weighted by Crippen LogP contribution is 2.30. The van der Waals surface area contributed by atoms with Crippen LogP contribution in [-0.2, 0) is 4.84 Å². The van der Waals surface area contributed by atoms with E-state index < -0.39 is 11.9 Å². The van der Waals surface area contributed by atoms with Crippen LogP contribution in [0.15, 0.2) is 73.1 Å². The summed E-state index contributed by atoms with van der Waals surface area (Å²) in [5.74, 6) is -0.0835. The molecular formula is C19H13F2N3O2. The molecule has 1 aromatic heterocycles. The van der Waals surface area contributed by atoms with Gasteiger partial charge in [0.25, 0.3) is 0 Å². The minimum atomic E-state index is -0.656. The van der Waals surface area contributed by atoms with Crippen molar-refractivity contribution in [2.45, 2.75) is 6.10 Å². The molecule has 1 atom stereocenters. The summed E-state index contributed by atoms with van der Waals surface area (Å²) >= 11 is 0. The maximum atomic E-state index is 14.6. The van der Waals surface area contributed by atoms with Gasteiger partial charge in [-0.05, 0) is 29.3 Å². The average Bonchev–Trinajstić information content (AvgIpc) is 3.10. The van der Waals surface area contributed by atoms with Gasteiger partial charge < -0.3 is 4.74 Å². The van der Waals surface area contributed by atoms with Crippen molar-refractivity contribution in [3.8, 4) is 16.9 Å². The van der Waals surface area contributed by atoms with E-state index in [2.05, 4.69) is 15.4 Å². The summed E-state index contributed by atoms with van der Waals surface area (Å²) in [7, 11) is 0. The van der Waals surface area contributed by atoms with Crippen LogP contribution in [0.1, 0.15) is 11.7 Å². The Labute approximate surface area is 147 Å². The van der Waals surface area contributed by atoms with Crippen LogP contribution in [0.5, 0.6) is 5.75 Å². The Balaban J connectivity index is 1.55. The average molecular weight is 353 g/mol. The molecule has 0 saturated carbocycles. The molecule has 0 spiro atoms. The van der Waals surface area contributed by atoms with Crippen molar-refractivity contribution in [2.24, 2.45) is 0 Å². The molecule has 0 bridgehead atoms. The van der Waals surface area contributed by atoms with Gasteiger partial charge in [0, 0.05) is 11.6 Å². The van der Waals surface area contributed by atoms with Crippen LogP contribution in [0, 0.1) is 11.6 Å². The van der Waals surface area contributed by atoms with Crippen molar-refractivity contribution in [3.05, 3.63) is 90.3 Å². The van der Waals surface area contributed by atoms with Crippen molar-refractivity contribution in [2.75, 3.05) is 0 Å². The van der Waals surface area contributed by atoms with E-state index in [0.717, 1.165) is 0 Å². The fourth-order valence-corrected chi connectivity index (χ4v) is 2.61. The van der Waals surface area contributed by atoms with E-state index in [0.29, 0.717) is 28.3 Å². The van der Waals surface area contributed by atoms with Crippen molar-refractivity contribution in [1.82, 2.24) is 15.4 Å². The van der Waals surface area contributed by atoms with E-state index in [1.807, 2.05) is 0 Å². The zero-order valence-corrected chi connectivity index (χ0v) is 13.4. The van der Waals surface area contributed by atoms with Crippen LogP contribution in [0.4, 0.5) is 8.78 Å². The minimum Gasteiger partial charge on any atom is -0.436 e. The maximum absolute atomic E-state index is 14.6. The Bertz CT molecular complexity index is 964. The Morgan fingerprint density at radius 3 is 2.58 bits per heavy atom. The molecule has 2 heterocycles. The second kappa shape index (κ2) is 6.89. The molecule has 130 valence electrons. The monoisotopic (exact) mass is 353 g/mol. The third-order valence-corrected chi connectivity index (χ3v) is 3.82. The Hall–Kier alpha value is -3.32. The lowest BCUT2D eigenvalue weighted by Gasteiger charge is -2.10. The molecule has 2 aromatic carbocycles. The lowest BCUT2D eigenvalue weighted by molar-refractivity contribution is 0.0256. The number of hydrogen-bond donors (Lipinski definition) is 1. The molecule has 0 radical (unpaired) electrons. The van der Waals surface area contributed by atoms with E-state index >= 15 is 0 Å². The summed E-state index contributed by atoms with van der Waals surface area (Å²) < 4.78 is 33.4. The highest BCUT2D eigenvalue weighted by Gasteiger charge is 2.23. The lowest BCUT2D eigenvalue weighted by Crippen LogP contribution is -2.12. The lowest BCUT2D eigenvalue weighted by atomic mass is 10.0. The second-order valence-electron chi connectivity index (χ2n) is 5.59. The molecule has 0 unspecified atom stereocenters. The Morgan fingerprint density at radius 1 is 1.00 bits per heavy atom. The molecular weight excluding hydrogens is 340 g/mol. The minimum absolute atomic E-state index is 0.318. The largest absolute Gasteiger partial charge is 0.436 e. The van der Waals surface area contributed by atoms with E-state index in [9.17, 15) is 8.78 Å². The standard InChI is InChI=1S/C19H13F2N3O2/c20-14-3-1-2-12(6-14)13-4-5-16(17(21)7-13)18-8-19(24-26-18)25-15-9-22-11-23-10-15/h1-11,18,24H/t18-/m0/s1. The smallest absolute Gasteiger partial charge is 0.216 e. The second-order valence-corrected chi connectivity index (χ2v) is 5.59.